The molecule has 126 valence electrons. The standard InChI is InChI=1S/C16H22ClN3O3/c1-20(2)8-9-23-16-13(17)10-12(11-14(16)22-3)5-7-19-15(21)4-6-18/h10-11H,4-5,7-9H2,1-3H3,(H,19,21). The van der Waals surface area contributed by atoms with Gasteiger partial charge in [-0.1, -0.05) is 11.6 Å². The fourth-order valence-electron chi connectivity index (χ4n) is 1.87. The number of rotatable bonds is 9. The number of nitrogens with one attached hydrogen (secondary N) is 1. The molecule has 0 unspecified atom stereocenters. The molecule has 1 aromatic rings. The molecule has 0 heterocycles. The summed E-state index contributed by atoms with van der Waals surface area (Å²) in [5.41, 5.74) is 0.920. The van der Waals surface area contributed by atoms with E-state index in [-0.39, 0.29) is 12.3 Å². The number of benzene rings is 1. The number of amides is 1. The number of nitriles is 1. The first-order valence-electron chi connectivity index (χ1n) is 7.25. The number of carbonyl (C=O) groups is 1. The SMILES string of the molecule is COc1cc(CCNC(=O)CC#N)cc(Cl)c1OCCN(C)C. The molecule has 1 N–H and O–H groups in total. The minimum atomic E-state index is -0.283. The van der Waals surface area contributed by atoms with Gasteiger partial charge in [0, 0.05) is 13.1 Å². The summed E-state index contributed by atoms with van der Waals surface area (Å²) in [5.74, 6) is 0.803. The summed E-state index contributed by atoms with van der Waals surface area (Å²) in [6.45, 7) is 1.71. The van der Waals surface area contributed by atoms with E-state index in [9.17, 15) is 4.79 Å². The maximum atomic E-state index is 11.2. The monoisotopic (exact) mass is 339 g/mol. The van der Waals surface area contributed by atoms with Gasteiger partial charge in [0.1, 0.15) is 13.0 Å². The smallest absolute Gasteiger partial charge is 0.234 e. The van der Waals surface area contributed by atoms with E-state index in [0.717, 1.165) is 12.1 Å². The van der Waals surface area contributed by atoms with Crippen LogP contribution in [-0.4, -0.2) is 51.7 Å². The Labute approximate surface area is 141 Å². The van der Waals surface area contributed by atoms with Crippen LogP contribution in [0.4, 0.5) is 0 Å². The quantitative estimate of drug-likeness (QED) is 0.743. The number of halogens is 1. The van der Waals surface area contributed by atoms with Crippen LogP contribution in [0.5, 0.6) is 11.5 Å². The molecule has 7 heteroatoms. The molecule has 0 aliphatic carbocycles. The van der Waals surface area contributed by atoms with Crippen LogP contribution in [0.2, 0.25) is 5.02 Å². The Hall–Kier alpha value is -1.97. The average Bonchev–Trinajstić information content (AvgIpc) is 2.48. The van der Waals surface area contributed by atoms with Gasteiger partial charge in [-0.3, -0.25) is 4.79 Å². The summed E-state index contributed by atoms with van der Waals surface area (Å²) >= 11 is 6.27. The first-order valence-corrected chi connectivity index (χ1v) is 7.63. The highest BCUT2D eigenvalue weighted by Gasteiger charge is 2.12. The van der Waals surface area contributed by atoms with Gasteiger partial charge < -0.3 is 19.7 Å². The molecule has 6 nitrogen and oxygen atoms in total. The molecule has 0 fully saturated rings. The normalized spacial score (nSPS) is 10.3. The first kappa shape index (κ1) is 19.1. The average molecular weight is 340 g/mol. The molecular weight excluding hydrogens is 318 g/mol. The van der Waals surface area contributed by atoms with Crippen molar-refractivity contribution >= 4 is 17.5 Å². The third-order valence-corrected chi connectivity index (χ3v) is 3.33. The van der Waals surface area contributed by atoms with Gasteiger partial charge >= 0.3 is 0 Å². The highest BCUT2D eigenvalue weighted by Crippen LogP contribution is 2.36. The number of nitrogens with zero attached hydrogens (tertiary/aromatic N) is 2. The molecule has 0 aromatic heterocycles. The van der Waals surface area contributed by atoms with Crippen molar-refractivity contribution in [1.29, 1.82) is 5.26 Å². The lowest BCUT2D eigenvalue weighted by Crippen LogP contribution is -2.24. The number of methoxy groups -OCH3 is 1. The Balaban J connectivity index is 2.68. The largest absolute Gasteiger partial charge is 0.493 e. The highest BCUT2D eigenvalue weighted by molar-refractivity contribution is 6.32. The molecule has 1 rings (SSSR count). The van der Waals surface area contributed by atoms with Gasteiger partial charge in [-0.15, -0.1) is 0 Å². The molecule has 1 amide bonds. The van der Waals surface area contributed by atoms with E-state index in [1.54, 1.807) is 19.2 Å². The minimum absolute atomic E-state index is 0.136. The second kappa shape index (κ2) is 9.93. The number of ether oxygens (including phenoxy) is 2. The van der Waals surface area contributed by atoms with Crippen molar-refractivity contribution in [2.24, 2.45) is 0 Å². The molecule has 0 saturated heterocycles. The molecular formula is C16H22ClN3O3. The van der Waals surface area contributed by atoms with Gasteiger partial charge in [0.15, 0.2) is 11.5 Å². The summed E-state index contributed by atoms with van der Waals surface area (Å²) in [6, 6.07) is 5.44. The number of hydrogen-bond acceptors (Lipinski definition) is 5. The van der Waals surface area contributed by atoms with E-state index in [0.29, 0.717) is 36.1 Å². The fraction of sp³-hybridized carbons (Fsp3) is 0.500. The molecule has 0 bridgehead atoms. The molecule has 0 atom stereocenters. The zero-order chi connectivity index (χ0) is 17.2. The van der Waals surface area contributed by atoms with Crippen molar-refractivity contribution in [3.05, 3.63) is 22.7 Å². The Kier molecular flexibility index (Phi) is 8.23. The van der Waals surface area contributed by atoms with Gasteiger partial charge in [0.2, 0.25) is 5.91 Å². The molecule has 0 aliphatic heterocycles. The molecule has 23 heavy (non-hydrogen) atoms. The lowest BCUT2D eigenvalue weighted by molar-refractivity contribution is -0.120. The second-order valence-electron chi connectivity index (χ2n) is 5.20. The number of likely N-dealkylation sites (N-methyl/N-ethyl adjacent to an activating group) is 1. The maximum Gasteiger partial charge on any atom is 0.234 e. The van der Waals surface area contributed by atoms with Crippen LogP contribution in [0.3, 0.4) is 0 Å². The summed E-state index contributed by atoms with van der Waals surface area (Å²) in [4.78, 5) is 13.3. The van der Waals surface area contributed by atoms with Crippen molar-refractivity contribution in [3.63, 3.8) is 0 Å². The third-order valence-electron chi connectivity index (χ3n) is 3.05. The van der Waals surface area contributed by atoms with Crippen LogP contribution in [0.1, 0.15) is 12.0 Å². The highest BCUT2D eigenvalue weighted by atomic mass is 35.5. The topological polar surface area (TPSA) is 74.6 Å². The van der Waals surface area contributed by atoms with Crippen molar-refractivity contribution in [2.75, 3.05) is 40.9 Å². The van der Waals surface area contributed by atoms with Crippen molar-refractivity contribution in [3.8, 4) is 17.6 Å². The zero-order valence-electron chi connectivity index (χ0n) is 13.7. The lowest BCUT2D eigenvalue weighted by atomic mass is 10.1. The predicted octanol–water partition coefficient (Wildman–Crippen LogP) is 1.86. The minimum Gasteiger partial charge on any atom is -0.493 e. The van der Waals surface area contributed by atoms with Gasteiger partial charge in [0.05, 0.1) is 18.2 Å². The van der Waals surface area contributed by atoms with Crippen molar-refractivity contribution in [1.82, 2.24) is 10.2 Å². The van der Waals surface area contributed by atoms with Gasteiger partial charge in [-0.25, -0.2) is 0 Å². The Bertz CT molecular complexity index is 570. The number of carbonyl (C=O) groups excluding carboxylic acids is 1. The molecule has 0 aliphatic rings. The predicted molar refractivity (Wildman–Crippen MR) is 89.0 cm³/mol. The van der Waals surface area contributed by atoms with E-state index in [4.69, 9.17) is 26.3 Å². The van der Waals surface area contributed by atoms with Crippen LogP contribution in [0.25, 0.3) is 0 Å². The Morgan fingerprint density at radius 1 is 1.43 bits per heavy atom. The Morgan fingerprint density at radius 3 is 2.78 bits per heavy atom. The van der Waals surface area contributed by atoms with Gasteiger partial charge in [-0.05, 0) is 38.2 Å². The fourth-order valence-corrected chi connectivity index (χ4v) is 2.16. The van der Waals surface area contributed by atoms with Gasteiger partial charge in [-0.2, -0.15) is 5.26 Å². The summed E-state index contributed by atoms with van der Waals surface area (Å²) in [5, 5.41) is 11.6. The van der Waals surface area contributed by atoms with Crippen molar-refractivity contribution in [2.45, 2.75) is 12.8 Å². The molecule has 1 aromatic carbocycles. The van der Waals surface area contributed by atoms with Crippen LogP contribution >= 0.6 is 11.6 Å². The zero-order valence-corrected chi connectivity index (χ0v) is 14.4. The number of hydrogen-bond donors (Lipinski definition) is 1. The van der Waals surface area contributed by atoms with Gasteiger partial charge in [0.25, 0.3) is 0 Å². The van der Waals surface area contributed by atoms with Crippen LogP contribution in [-0.2, 0) is 11.2 Å². The second-order valence-corrected chi connectivity index (χ2v) is 5.60. The third kappa shape index (κ3) is 6.76. The van der Waals surface area contributed by atoms with Crippen LogP contribution in [0, 0.1) is 11.3 Å². The maximum absolute atomic E-state index is 11.2. The van der Waals surface area contributed by atoms with E-state index >= 15 is 0 Å². The summed E-state index contributed by atoms with van der Waals surface area (Å²) in [6.07, 6.45) is 0.452. The van der Waals surface area contributed by atoms with Crippen LogP contribution in [0.15, 0.2) is 12.1 Å². The molecule has 0 saturated carbocycles. The summed E-state index contributed by atoms with van der Waals surface area (Å²) < 4.78 is 11.0. The Morgan fingerprint density at radius 2 is 2.17 bits per heavy atom. The summed E-state index contributed by atoms with van der Waals surface area (Å²) in [7, 11) is 5.49. The van der Waals surface area contributed by atoms with E-state index < -0.39 is 0 Å². The first-order chi connectivity index (χ1) is 11.0. The molecule has 0 spiro atoms. The van der Waals surface area contributed by atoms with E-state index in [1.807, 2.05) is 25.1 Å². The van der Waals surface area contributed by atoms with Crippen LogP contribution < -0.4 is 14.8 Å². The van der Waals surface area contributed by atoms with Crippen molar-refractivity contribution < 1.29 is 14.3 Å². The van der Waals surface area contributed by atoms with E-state index in [1.165, 1.54) is 0 Å². The lowest BCUT2D eigenvalue weighted by Gasteiger charge is -2.16. The van der Waals surface area contributed by atoms with E-state index in [2.05, 4.69) is 5.32 Å². The molecule has 0 radical (unpaired) electrons.